The van der Waals surface area contributed by atoms with Gasteiger partial charge in [0.05, 0.1) is 17.9 Å². The van der Waals surface area contributed by atoms with Crippen LogP contribution in [0.3, 0.4) is 0 Å². The zero-order valence-corrected chi connectivity index (χ0v) is 12.8. The van der Waals surface area contributed by atoms with Crippen molar-refractivity contribution in [2.75, 3.05) is 27.2 Å². The smallest absolute Gasteiger partial charge is 0.257 e. The second-order valence-electron chi connectivity index (χ2n) is 6.11. The molecule has 1 aromatic rings. The Labute approximate surface area is 125 Å². The second-order valence-corrected chi connectivity index (χ2v) is 6.11. The predicted molar refractivity (Wildman–Crippen MR) is 79.1 cm³/mol. The first-order valence-corrected chi connectivity index (χ1v) is 7.73. The number of carbonyl (C=O) groups is 1. The first kappa shape index (κ1) is 14.5. The van der Waals surface area contributed by atoms with Gasteiger partial charge in [0.15, 0.2) is 0 Å². The first-order chi connectivity index (χ1) is 10.2. The van der Waals surface area contributed by atoms with Crippen LogP contribution in [0.15, 0.2) is 12.4 Å². The van der Waals surface area contributed by atoms with Crippen LogP contribution in [0.1, 0.15) is 36.0 Å². The number of aromatic amines is 1. The third-order valence-corrected chi connectivity index (χ3v) is 4.99. The molecule has 1 N–H and O–H groups in total. The van der Waals surface area contributed by atoms with E-state index < -0.39 is 0 Å². The van der Waals surface area contributed by atoms with Crippen molar-refractivity contribution in [3.05, 3.63) is 18.0 Å². The van der Waals surface area contributed by atoms with Gasteiger partial charge in [0.25, 0.3) is 5.91 Å². The molecule has 2 heterocycles. The average Bonchev–Trinajstić information content (AvgIpc) is 3.24. The summed E-state index contributed by atoms with van der Waals surface area (Å²) < 4.78 is 5.47. The van der Waals surface area contributed by atoms with Crippen molar-refractivity contribution >= 4 is 5.91 Å². The number of ether oxygens (including phenoxy) is 1. The van der Waals surface area contributed by atoms with Crippen LogP contribution in [0, 0.1) is 0 Å². The number of hydrogen-bond donors (Lipinski definition) is 1. The van der Waals surface area contributed by atoms with Gasteiger partial charge in [-0.25, -0.2) is 0 Å². The molecule has 0 radical (unpaired) electrons. The fourth-order valence-electron chi connectivity index (χ4n) is 3.77. The molecule has 0 spiro atoms. The number of amides is 1. The summed E-state index contributed by atoms with van der Waals surface area (Å²) in [7, 11) is 3.71. The van der Waals surface area contributed by atoms with E-state index in [4.69, 9.17) is 4.74 Å². The highest BCUT2D eigenvalue weighted by molar-refractivity contribution is 5.93. The number of likely N-dealkylation sites (N-methyl/N-ethyl adjacent to an activating group) is 1. The highest BCUT2D eigenvalue weighted by atomic mass is 16.5. The largest absolute Gasteiger partial charge is 0.380 e. The molecule has 116 valence electrons. The molecule has 6 nitrogen and oxygen atoms in total. The molecule has 0 aromatic carbocycles. The van der Waals surface area contributed by atoms with Gasteiger partial charge in [0, 0.05) is 45.5 Å². The van der Waals surface area contributed by atoms with Gasteiger partial charge < -0.3 is 9.64 Å². The zero-order chi connectivity index (χ0) is 14.8. The topological polar surface area (TPSA) is 61.5 Å². The van der Waals surface area contributed by atoms with E-state index in [2.05, 4.69) is 15.1 Å². The molecular weight excluding hydrogens is 268 g/mol. The average molecular weight is 292 g/mol. The van der Waals surface area contributed by atoms with Gasteiger partial charge in [-0.3, -0.25) is 14.8 Å². The maximum Gasteiger partial charge on any atom is 0.257 e. The Morgan fingerprint density at radius 2 is 2.33 bits per heavy atom. The highest BCUT2D eigenvalue weighted by Crippen LogP contribution is 2.31. The highest BCUT2D eigenvalue weighted by Gasteiger charge is 2.39. The molecule has 0 bridgehead atoms. The zero-order valence-electron chi connectivity index (χ0n) is 12.8. The molecular formula is C15H24N4O2. The summed E-state index contributed by atoms with van der Waals surface area (Å²) >= 11 is 0. The monoisotopic (exact) mass is 292 g/mol. The first-order valence-electron chi connectivity index (χ1n) is 7.73. The summed E-state index contributed by atoms with van der Waals surface area (Å²) in [5.74, 6) is 0.0585. The van der Waals surface area contributed by atoms with Crippen LogP contribution in [-0.4, -0.2) is 71.3 Å². The van der Waals surface area contributed by atoms with Gasteiger partial charge in [-0.1, -0.05) is 0 Å². The number of nitrogens with one attached hydrogen (secondary N) is 1. The molecule has 2 fully saturated rings. The van der Waals surface area contributed by atoms with Crippen molar-refractivity contribution in [3.63, 3.8) is 0 Å². The van der Waals surface area contributed by atoms with Gasteiger partial charge in [0.2, 0.25) is 0 Å². The summed E-state index contributed by atoms with van der Waals surface area (Å²) in [5, 5.41) is 6.58. The maximum absolute atomic E-state index is 12.5. The molecule has 1 aliphatic heterocycles. The van der Waals surface area contributed by atoms with Gasteiger partial charge >= 0.3 is 0 Å². The van der Waals surface area contributed by atoms with Crippen LogP contribution >= 0.6 is 0 Å². The summed E-state index contributed by atoms with van der Waals surface area (Å²) in [4.78, 5) is 16.9. The van der Waals surface area contributed by atoms with E-state index in [1.165, 1.54) is 12.8 Å². The lowest BCUT2D eigenvalue weighted by Crippen LogP contribution is -2.49. The minimum atomic E-state index is 0.0585. The van der Waals surface area contributed by atoms with Gasteiger partial charge in [-0.2, -0.15) is 5.10 Å². The maximum atomic E-state index is 12.5. The summed E-state index contributed by atoms with van der Waals surface area (Å²) in [5.41, 5.74) is 0.638. The number of rotatable bonds is 4. The third kappa shape index (κ3) is 2.82. The lowest BCUT2D eigenvalue weighted by atomic mass is 10.1. The van der Waals surface area contributed by atoms with Crippen LogP contribution in [0.2, 0.25) is 0 Å². The Morgan fingerprint density at radius 3 is 3.00 bits per heavy atom. The number of nitrogens with zero attached hydrogens (tertiary/aromatic N) is 3. The van der Waals surface area contributed by atoms with Gasteiger partial charge in [-0.05, 0) is 25.7 Å². The molecule has 3 rings (SSSR count). The fourth-order valence-corrected chi connectivity index (χ4v) is 3.77. The molecule has 1 unspecified atom stereocenters. The van der Waals surface area contributed by atoms with E-state index in [0.29, 0.717) is 23.8 Å². The quantitative estimate of drug-likeness (QED) is 0.903. The molecule has 3 atom stereocenters. The number of methoxy groups -OCH3 is 1. The van der Waals surface area contributed by atoms with Crippen molar-refractivity contribution in [2.45, 2.75) is 43.9 Å². The Kier molecular flexibility index (Phi) is 4.26. The fraction of sp³-hybridized carbons (Fsp3) is 0.733. The van der Waals surface area contributed by atoms with Gasteiger partial charge in [-0.15, -0.1) is 0 Å². The summed E-state index contributed by atoms with van der Waals surface area (Å²) in [6.45, 7) is 2.07. The molecule has 1 aromatic heterocycles. The lowest BCUT2D eigenvalue weighted by Gasteiger charge is -2.35. The number of likely N-dealkylation sites (tertiary alicyclic amines) is 1. The standard InChI is InChI=1S/C15H24N4O2/c1-18(15(20)11-8-16-17-9-11)13-4-3-5-14(13)19-7-6-12(10-19)21-2/h8-9,12-14H,3-7,10H2,1-2H3,(H,16,17)/t12?,13-,14+/m1/s1. The number of H-pyrrole nitrogens is 1. The van der Waals surface area contributed by atoms with E-state index in [1.807, 2.05) is 11.9 Å². The van der Waals surface area contributed by atoms with Crippen molar-refractivity contribution in [2.24, 2.45) is 0 Å². The van der Waals surface area contributed by atoms with Crippen molar-refractivity contribution in [1.29, 1.82) is 0 Å². The van der Waals surface area contributed by atoms with Crippen LogP contribution in [0.5, 0.6) is 0 Å². The SMILES string of the molecule is COC1CCN([C@H]2CCC[C@H]2N(C)C(=O)c2cn[nH]c2)C1. The second kappa shape index (κ2) is 6.15. The Hall–Kier alpha value is -1.40. The third-order valence-electron chi connectivity index (χ3n) is 4.99. The van der Waals surface area contributed by atoms with E-state index in [1.54, 1.807) is 19.5 Å². The van der Waals surface area contributed by atoms with E-state index >= 15 is 0 Å². The van der Waals surface area contributed by atoms with E-state index in [9.17, 15) is 4.79 Å². The Bertz CT molecular complexity index is 476. The van der Waals surface area contributed by atoms with Crippen molar-refractivity contribution in [3.8, 4) is 0 Å². The molecule has 1 aliphatic carbocycles. The van der Waals surface area contributed by atoms with Crippen LogP contribution in [0.25, 0.3) is 0 Å². The summed E-state index contributed by atoms with van der Waals surface area (Å²) in [6, 6.07) is 0.758. The molecule has 2 aliphatic rings. The number of carbonyl (C=O) groups excluding carboxylic acids is 1. The van der Waals surface area contributed by atoms with Crippen molar-refractivity contribution in [1.82, 2.24) is 20.0 Å². The van der Waals surface area contributed by atoms with Crippen LogP contribution in [-0.2, 0) is 4.74 Å². The van der Waals surface area contributed by atoms with Gasteiger partial charge in [0.1, 0.15) is 0 Å². The van der Waals surface area contributed by atoms with E-state index in [0.717, 1.165) is 25.9 Å². The van der Waals surface area contributed by atoms with Crippen LogP contribution in [0.4, 0.5) is 0 Å². The molecule has 1 saturated carbocycles. The van der Waals surface area contributed by atoms with Crippen molar-refractivity contribution < 1.29 is 9.53 Å². The molecule has 1 amide bonds. The number of hydrogen-bond acceptors (Lipinski definition) is 4. The normalized spacial score (nSPS) is 29.9. The van der Waals surface area contributed by atoms with Crippen LogP contribution < -0.4 is 0 Å². The lowest BCUT2D eigenvalue weighted by molar-refractivity contribution is 0.0605. The predicted octanol–water partition coefficient (Wildman–Crippen LogP) is 1.12. The minimum Gasteiger partial charge on any atom is -0.380 e. The molecule has 1 saturated heterocycles. The summed E-state index contributed by atoms with van der Waals surface area (Å²) in [6.07, 6.45) is 8.15. The molecule has 6 heteroatoms. The Balaban J connectivity index is 1.68. The van der Waals surface area contributed by atoms with E-state index in [-0.39, 0.29) is 5.91 Å². The minimum absolute atomic E-state index is 0.0585. The number of aromatic nitrogens is 2. The molecule has 21 heavy (non-hydrogen) atoms. The Morgan fingerprint density at radius 1 is 1.48 bits per heavy atom.